The topological polar surface area (TPSA) is 88.8 Å². The first-order valence-electron chi connectivity index (χ1n) is 5.32. The van der Waals surface area contributed by atoms with E-state index in [2.05, 4.69) is 4.74 Å². The lowest BCUT2D eigenvalue weighted by molar-refractivity contribution is 0.0590. The van der Waals surface area contributed by atoms with E-state index >= 15 is 0 Å². The van der Waals surface area contributed by atoms with Crippen molar-refractivity contribution >= 4 is 5.97 Å². The Morgan fingerprint density at radius 1 is 1.47 bits per heavy atom. The summed E-state index contributed by atoms with van der Waals surface area (Å²) in [7, 11) is 1.14. The third-order valence-electron chi connectivity index (χ3n) is 3.03. The van der Waals surface area contributed by atoms with E-state index in [0.717, 1.165) is 37.0 Å². The lowest BCUT2D eigenvalue weighted by atomic mass is 9.92. The van der Waals surface area contributed by atoms with Crippen LogP contribution in [0.5, 0.6) is 11.6 Å². The third-order valence-corrected chi connectivity index (χ3v) is 3.03. The number of pyridine rings is 1. The molecule has 0 bridgehead atoms. The maximum Gasteiger partial charge on any atom is 0.347 e. The predicted molar refractivity (Wildman–Crippen MR) is 58.3 cm³/mol. The number of aromatic nitrogens is 1. The minimum Gasteiger partial charge on any atom is -0.507 e. The Morgan fingerprint density at radius 3 is 2.59 bits per heavy atom. The number of nitrogens with zero attached hydrogens (tertiary/aromatic N) is 1. The average molecular weight is 239 g/mol. The molecule has 1 aromatic rings. The molecular formula is C11H13NO5. The quantitative estimate of drug-likeness (QED) is 0.744. The van der Waals surface area contributed by atoms with Gasteiger partial charge in [-0.25, -0.2) is 4.79 Å². The highest BCUT2D eigenvalue weighted by atomic mass is 16.5. The van der Waals surface area contributed by atoms with Crippen molar-refractivity contribution in [3.05, 3.63) is 22.0 Å². The Kier molecular flexibility index (Phi) is 2.79. The Hall–Kier alpha value is -1.98. The van der Waals surface area contributed by atoms with Gasteiger partial charge in [0, 0.05) is 12.1 Å². The first-order valence-corrected chi connectivity index (χ1v) is 5.32. The number of carbonyl (C=O) groups is 1. The molecule has 0 radical (unpaired) electrons. The van der Waals surface area contributed by atoms with E-state index < -0.39 is 23.2 Å². The van der Waals surface area contributed by atoms with Crippen molar-refractivity contribution in [1.29, 1.82) is 0 Å². The van der Waals surface area contributed by atoms with Gasteiger partial charge in [0.25, 0.3) is 5.56 Å². The van der Waals surface area contributed by atoms with Crippen LogP contribution in [0.3, 0.4) is 0 Å². The molecule has 1 saturated carbocycles. The van der Waals surface area contributed by atoms with Crippen LogP contribution in [-0.2, 0) is 4.74 Å². The molecule has 1 heterocycles. The van der Waals surface area contributed by atoms with Gasteiger partial charge in [0.15, 0.2) is 5.56 Å². The summed E-state index contributed by atoms with van der Waals surface area (Å²) in [5, 5.41) is 19.4. The number of hydrogen-bond donors (Lipinski definition) is 2. The first-order chi connectivity index (χ1) is 8.06. The van der Waals surface area contributed by atoms with Gasteiger partial charge < -0.3 is 14.9 Å². The fourth-order valence-corrected chi connectivity index (χ4v) is 1.89. The van der Waals surface area contributed by atoms with Gasteiger partial charge in [-0.05, 0) is 19.3 Å². The highest BCUT2D eigenvalue weighted by Crippen LogP contribution is 2.36. The van der Waals surface area contributed by atoms with Crippen molar-refractivity contribution < 1.29 is 19.7 Å². The molecule has 6 nitrogen and oxygen atoms in total. The zero-order valence-corrected chi connectivity index (χ0v) is 9.34. The standard InChI is InChI=1S/C11H13NO5/c1-17-11(16)9-7(13)5-8(14)12(10(9)15)6-3-2-4-6/h5-6,13,15H,2-4H2,1H3. The molecule has 1 aromatic heterocycles. The molecule has 0 amide bonds. The molecule has 1 aliphatic carbocycles. The summed E-state index contributed by atoms with van der Waals surface area (Å²) >= 11 is 0. The Morgan fingerprint density at radius 2 is 2.12 bits per heavy atom. The summed E-state index contributed by atoms with van der Waals surface area (Å²) in [5.41, 5.74) is -0.878. The highest BCUT2D eigenvalue weighted by Gasteiger charge is 2.28. The minimum absolute atomic E-state index is 0.105. The van der Waals surface area contributed by atoms with Gasteiger partial charge in [-0.3, -0.25) is 9.36 Å². The largest absolute Gasteiger partial charge is 0.507 e. The molecule has 0 spiro atoms. The second kappa shape index (κ2) is 4.12. The maximum absolute atomic E-state index is 11.6. The van der Waals surface area contributed by atoms with Crippen LogP contribution >= 0.6 is 0 Å². The van der Waals surface area contributed by atoms with Crippen molar-refractivity contribution in [3.63, 3.8) is 0 Å². The van der Waals surface area contributed by atoms with Crippen LogP contribution in [-0.4, -0.2) is 27.9 Å². The molecule has 0 unspecified atom stereocenters. The molecule has 1 aliphatic rings. The van der Waals surface area contributed by atoms with Gasteiger partial charge in [0.05, 0.1) is 7.11 Å². The number of methoxy groups -OCH3 is 1. The summed E-state index contributed by atoms with van der Waals surface area (Å²) < 4.78 is 5.58. The van der Waals surface area contributed by atoms with E-state index in [1.165, 1.54) is 0 Å². The van der Waals surface area contributed by atoms with Crippen LogP contribution in [0.4, 0.5) is 0 Å². The Balaban J connectivity index is 2.60. The first kappa shape index (κ1) is 11.5. The number of esters is 1. The van der Waals surface area contributed by atoms with Crippen LogP contribution < -0.4 is 5.56 Å². The summed E-state index contributed by atoms with van der Waals surface area (Å²) in [6, 6.07) is 0.816. The number of rotatable bonds is 2. The van der Waals surface area contributed by atoms with Crippen LogP contribution in [0.25, 0.3) is 0 Å². The number of hydrogen-bond acceptors (Lipinski definition) is 5. The van der Waals surface area contributed by atoms with Gasteiger partial charge in [0.1, 0.15) is 5.75 Å². The highest BCUT2D eigenvalue weighted by molar-refractivity contribution is 5.94. The van der Waals surface area contributed by atoms with Crippen LogP contribution in [0.1, 0.15) is 35.7 Å². The molecule has 92 valence electrons. The molecule has 0 atom stereocenters. The van der Waals surface area contributed by atoms with Crippen molar-refractivity contribution in [2.24, 2.45) is 0 Å². The summed E-state index contributed by atoms with van der Waals surface area (Å²) in [6.45, 7) is 0. The molecule has 0 aromatic carbocycles. The number of aromatic hydroxyl groups is 2. The molecule has 2 rings (SSSR count). The normalized spacial score (nSPS) is 15.4. The predicted octanol–water partition coefficient (Wildman–Crippen LogP) is 0.771. The Labute approximate surface area is 97.1 Å². The van der Waals surface area contributed by atoms with Crippen molar-refractivity contribution in [3.8, 4) is 11.6 Å². The molecule has 2 N–H and O–H groups in total. The second-order valence-corrected chi connectivity index (χ2v) is 4.01. The molecule has 0 aliphatic heterocycles. The summed E-state index contributed by atoms with van der Waals surface area (Å²) in [5.74, 6) is -1.95. The molecule has 17 heavy (non-hydrogen) atoms. The van der Waals surface area contributed by atoms with E-state index in [0.29, 0.717) is 0 Å². The van der Waals surface area contributed by atoms with E-state index in [-0.39, 0.29) is 11.6 Å². The second-order valence-electron chi connectivity index (χ2n) is 4.01. The molecule has 0 saturated heterocycles. The fourth-order valence-electron chi connectivity index (χ4n) is 1.89. The third kappa shape index (κ3) is 1.75. The van der Waals surface area contributed by atoms with Gasteiger partial charge in [-0.2, -0.15) is 0 Å². The van der Waals surface area contributed by atoms with Crippen LogP contribution in [0.2, 0.25) is 0 Å². The van der Waals surface area contributed by atoms with Gasteiger partial charge in [0.2, 0.25) is 5.88 Å². The fraction of sp³-hybridized carbons (Fsp3) is 0.455. The zero-order valence-electron chi connectivity index (χ0n) is 9.34. The monoisotopic (exact) mass is 239 g/mol. The minimum atomic E-state index is -0.868. The summed E-state index contributed by atoms with van der Waals surface area (Å²) in [6.07, 6.45) is 2.53. The van der Waals surface area contributed by atoms with Crippen LogP contribution in [0.15, 0.2) is 10.9 Å². The van der Waals surface area contributed by atoms with E-state index in [9.17, 15) is 19.8 Å². The SMILES string of the molecule is COC(=O)c1c(O)cc(=O)n(C2CCC2)c1O. The average Bonchev–Trinajstić information content (AvgIpc) is 2.20. The summed E-state index contributed by atoms with van der Waals surface area (Å²) in [4.78, 5) is 23.0. The smallest absolute Gasteiger partial charge is 0.347 e. The van der Waals surface area contributed by atoms with Gasteiger partial charge in [-0.15, -0.1) is 0 Å². The van der Waals surface area contributed by atoms with Gasteiger partial charge in [-0.1, -0.05) is 0 Å². The number of ether oxygens (including phenoxy) is 1. The molecule has 1 fully saturated rings. The van der Waals surface area contributed by atoms with Crippen molar-refractivity contribution in [1.82, 2.24) is 4.57 Å². The van der Waals surface area contributed by atoms with Gasteiger partial charge >= 0.3 is 5.97 Å². The zero-order chi connectivity index (χ0) is 12.6. The van der Waals surface area contributed by atoms with E-state index in [4.69, 9.17) is 0 Å². The van der Waals surface area contributed by atoms with Crippen molar-refractivity contribution in [2.75, 3.05) is 7.11 Å². The Bertz CT molecular complexity index is 515. The number of carbonyl (C=O) groups excluding carboxylic acids is 1. The van der Waals surface area contributed by atoms with Crippen LogP contribution in [0, 0.1) is 0 Å². The van der Waals surface area contributed by atoms with Crippen molar-refractivity contribution in [2.45, 2.75) is 25.3 Å². The maximum atomic E-state index is 11.6. The molecule has 6 heteroatoms. The van der Waals surface area contributed by atoms with E-state index in [1.807, 2.05) is 0 Å². The lowest BCUT2D eigenvalue weighted by Crippen LogP contribution is -2.29. The molecular weight excluding hydrogens is 226 g/mol. The lowest BCUT2D eigenvalue weighted by Gasteiger charge is -2.28. The van der Waals surface area contributed by atoms with E-state index in [1.54, 1.807) is 0 Å².